The van der Waals surface area contributed by atoms with Gasteiger partial charge in [0.25, 0.3) is 0 Å². The first kappa shape index (κ1) is 18.6. The second-order valence-electron chi connectivity index (χ2n) is 5.14. The molecule has 6 heteroatoms. The first-order chi connectivity index (χ1) is 9.90. The molecule has 0 spiro atoms. The van der Waals surface area contributed by atoms with Crippen molar-refractivity contribution in [1.82, 2.24) is 4.72 Å². The van der Waals surface area contributed by atoms with Gasteiger partial charge in [-0.1, -0.05) is 42.5 Å². The van der Waals surface area contributed by atoms with Gasteiger partial charge in [-0.3, -0.25) is 0 Å². The Bertz CT molecular complexity index is 718. The molecule has 120 valence electrons. The van der Waals surface area contributed by atoms with Gasteiger partial charge in [0.2, 0.25) is 10.0 Å². The minimum atomic E-state index is -3.55. The van der Waals surface area contributed by atoms with E-state index >= 15 is 0 Å². The van der Waals surface area contributed by atoms with Gasteiger partial charge in [-0.15, -0.1) is 12.4 Å². The molecule has 0 radical (unpaired) electrons. The van der Waals surface area contributed by atoms with Crippen LogP contribution in [-0.2, 0) is 10.0 Å². The fourth-order valence-electron chi connectivity index (χ4n) is 2.09. The molecular weight excluding hydrogens is 320 g/mol. The van der Waals surface area contributed by atoms with Gasteiger partial charge in [0.05, 0.1) is 4.90 Å². The molecule has 2 rings (SSSR count). The summed E-state index contributed by atoms with van der Waals surface area (Å²) in [4.78, 5) is 0.308. The van der Waals surface area contributed by atoms with Crippen molar-refractivity contribution in [2.24, 2.45) is 5.73 Å². The van der Waals surface area contributed by atoms with Gasteiger partial charge in [0.15, 0.2) is 0 Å². The minimum Gasteiger partial charge on any atom is -0.323 e. The highest BCUT2D eigenvalue weighted by atomic mass is 35.5. The van der Waals surface area contributed by atoms with Crippen LogP contribution in [0.4, 0.5) is 0 Å². The Morgan fingerprint density at radius 2 is 1.73 bits per heavy atom. The smallest absolute Gasteiger partial charge is 0.240 e. The van der Waals surface area contributed by atoms with Crippen LogP contribution in [-0.4, -0.2) is 15.0 Å². The molecule has 2 aromatic carbocycles. The fourth-order valence-corrected chi connectivity index (χ4v) is 3.48. The Hall–Kier alpha value is -1.40. The van der Waals surface area contributed by atoms with Crippen LogP contribution in [0.2, 0.25) is 0 Å². The van der Waals surface area contributed by atoms with E-state index in [1.54, 1.807) is 19.1 Å². The largest absolute Gasteiger partial charge is 0.323 e. The van der Waals surface area contributed by atoms with Gasteiger partial charge < -0.3 is 5.73 Å². The Morgan fingerprint density at radius 1 is 1.09 bits per heavy atom. The number of nitrogens with one attached hydrogen (secondary N) is 1. The molecule has 1 atom stereocenters. The third-order valence-electron chi connectivity index (χ3n) is 3.35. The Labute approximate surface area is 138 Å². The number of aryl methyl sites for hydroxylation is 2. The van der Waals surface area contributed by atoms with Crippen LogP contribution in [0.5, 0.6) is 0 Å². The average molecular weight is 341 g/mol. The fraction of sp³-hybridized carbons (Fsp3) is 0.250. The second-order valence-corrected chi connectivity index (χ2v) is 6.87. The molecule has 0 saturated carbocycles. The van der Waals surface area contributed by atoms with E-state index in [0.717, 1.165) is 16.7 Å². The first-order valence-corrected chi connectivity index (χ1v) is 8.26. The topological polar surface area (TPSA) is 72.2 Å². The van der Waals surface area contributed by atoms with E-state index in [-0.39, 0.29) is 25.0 Å². The molecule has 0 amide bonds. The molecule has 0 aromatic heterocycles. The van der Waals surface area contributed by atoms with Crippen LogP contribution in [0, 0.1) is 13.8 Å². The predicted molar refractivity (Wildman–Crippen MR) is 91.7 cm³/mol. The Kier molecular flexibility index (Phi) is 6.56. The SMILES string of the molecule is Cc1ccc(C)c(S(=O)(=O)NCC(N)c2ccccc2)c1.Cl. The van der Waals surface area contributed by atoms with E-state index in [1.807, 2.05) is 43.3 Å². The number of rotatable bonds is 5. The summed E-state index contributed by atoms with van der Waals surface area (Å²) in [5, 5.41) is 0. The maximum atomic E-state index is 12.4. The summed E-state index contributed by atoms with van der Waals surface area (Å²) in [6, 6.07) is 14.4. The molecule has 0 aliphatic heterocycles. The molecule has 0 aliphatic carbocycles. The van der Waals surface area contributed by atoms with Gasteiger partial charge in [-0.25, -0.2) is 13.1 Å². The molecule has 3 N–H and O–H groups in total. The molecule has 22 heavy (non-hydrogen) atoms. The average Bonchev–Trinajstić information content (AvgIpc) is 2.48. The quantitative estimate of drug-likeness (QED) is 0.879. The summed E-state index contributed by atoms with van der Waals surface area (Å²) in [5.41, 5.74) is 8.56. The van der Waals surface area contributed by atoms with Gasteiger partial charge in [-0.2, -0.15) is 0 Å². The third-order valence-corrected chi connectivity index (χ3v) is 4.92. The zero-order valence-corrected chi connectivity index (χ0v) is 14.2. The lowest BCUT2D eigenvalue weighted by molar-refractivity contribution is 0.571. The molecule has 0 saturated heterocycles. The molecule has 0 fully saturated rings. The Balaban J connectivity index is 0.00000242. The first-order valence-electron chi connectivity index (χ1n) is 6.77. The van der Waals surface area contributed by atoms with Crippen LogP contribution < -0.4 is 10.5 Å². The van der Waals surface area contributed by atoms with Crippen molar-refractivity contribution in [2.45, 2.75) is 24.8 Å². The number of benzene rings is 2. The second kappa shape index (κ2) is 7.74. The summed E-state index contributed by atoms with van der Waals surface area (Å²) in [6.07, 6.45) is 0. The van der Waals surface area contributed by atoms with Crippen molar-refractivity contribution < 1.29 is 8.42 Å². The van der Waals surface area contributed by atoms with E-state index in [2.05, 4.69) is 4.72 Å². The minimum absolute atomic E-state index is 0. The van der Waals surface area contributed by atoms with Crippen molar-refractivity contribution in [3.05, 3.63) is 65.2 Å². The van der Waals surface area contributed by atoms with Crippen molar-refractivity contribution in [3.63, 3.8) is 0 Å². The molecule has 0 heterocycles. The van der Waals surface area contributed by atoms with Crippen molar-refractivity contribution in [1.29, 1.82) is 0 Å². The summed E-state index contributed by atoms with van der Waals surface area (Å²) in [5.74, 6) is 0. The van der Waals surface area contributed by atoms with Crippen molar-refractivity contribution in [3.8, 4) is 0 Å². The van der Waals surface area contributed by atoms with E-state index in [1.165, 1.54) is 0 Å². The Morgan fingerprint density at radius 3 is 2.36 bits per heavy atom. The van der Waals surface area contributed by atoms with E-state index in [4.69, 9.17) is 5.73 Å². The molecular formula is C16H21ClN2O2S. The van der Waals surface area contributed by atoms with E-state index < -0.39 is 10.0 Å². The summed E-state index contributed by atoms with van der Waals surface area (Å²) < 4.78 is 27.3. The normalized spacial score (nSPS) is 12.5. The zero-order valence-electron chi connectivity index (χ0n) is 12.6. The van der Waals surface area contributed by atoms with Crippen LogP contribution >= 0.6 is 12.4 Å². The lowest BCUT2D eigenvalue weighted by Crippen LogP contribution is -2.32. The van der Waals surface area contributed by atoms with Gasteiger partial charge >= 0.3 is 0 Å². The monoisotopic (exact) mass is 340 g/mol. The number of sulfonamides is 1. The maximum Gasteiger partial charge on any atom is 0.240 e. The van der Waals surface area contributed by atoms with Crippen LogP contribution in [0.1, 0.15) is 22.7 Å². The lowest BCUT2D eigenvalue weighted by Gasteiger charge is -2.14. The zero-order chi connectivity index (χ0) is 15.5. The van der Waals surface area contributed by atoms with Crippen molar-refractivity contribution >= 4 is 22.4 Å². The standard InChI is InChI=1S/C16H20N2O2S.ClH/c1-12-8-9-13(2)16(10-12)21(19,20)18-11-15(17)14-6-4-3-5-7-14;/h3-10,15,18H,11,17H2,1-2H3;1H. The highest BCUT2D eigenvalue weighted by molar-refractivity contribution is 7.89. The third kappa shape index (κ3) is 4.55. The lowest BCUT2D eigenvalue weighted by atomic mass is 10.1. The summed E-state index contributed by atoms with van der Waals surface area (Å²) in [7, 11) is -3.55. The van der Waals surface area contributed by atoms with Gasteiger partial charge in [0, 0.05) is 12.6 Å². The molecule has 1 unspecified atom stereocenters. The molecule has 0 bridgehead atoms. The maximum absolute atomic E-state index is 12.4. The van der Waals surface area contributed by atoms with E-state index in [9.17, 15) is 8.42 Å². The van der Waals surface area contributed by atoms with Gasteiger partial charge in [0.1, 0.15) is 0 Å². The van der Waals surface area contributed by atoms with Crippen LogP contribution in [0.25, 0.3) is 0 Å². The number of hydrogen-bond acceptors (Lipinski definition) is 3. The van der Waals surface area contributed by atoms with Gasteiger partial charge in [-0.05, 0) is 36.6 Å². The molecule has 0 aliphatic rings. The van der Waals surface area contributed by atoms with Crippen molar-refractivity contribution in [2.75, 3.05) is 6.54 Å². The van der Waals surface area contributed by atoms with Crippen LogP contribution in [0.15, 0.2) is 53.4 Å². The molecule has 2 aromatic rings. The highest BCUT2D eigenvalue weighted by Crippen LogP contribution is 2.17. The molecule has 4 nitrogen and oxygen atoms in total. The predicted octanol–water partition coefficient (Wildman–Crippen LogP) is 2.70. The number of halogens is 1. The van der Waals surface area contributed by atoms with E-state index in [0.29, 0.717) is 4.90 Å². The van der Waals surface area contributed by atoms with Crippen LogP contribution in [0.3, 0.4) is 0 Å². The highest BCUT2D eigenvalue weighted by Gasteiger charge is 2.18. The summed E-state index contributed by atoms with van der Waals surface area (Å²) in [6.45, 7) is 3.82. The number of nitrogens with two attached hydrogens (primary N) is 1. The number of hydrogen-bond donors (Lipinski definition) is 2. The summed E-state index contributed by atoms with van der Waals surface area (Å²) >= 11 is 0.